The van der Waals surface area contributed by atoms with E-state index < -0.39 is 8.32 Å². The van der Waals surface area contributed by atoms with E-state index in [9.17, 15) is 0 Å². The first-order valence-corrected chi connectivity index (χ1v) is 9.39. The summed E-state index contributed by atoms with van der Waals surface area (Å²) in [7, 11) is -1.48. The average Bonchev–Trinajstić information content (AvgIpc) is 2.80. The fourth-order valence-corrected chi connectivity index (χ4v) is 3.70. The van der Waals surface area contributed by atoms with Crippen LogP contribution in [-0.2, 0) is 4.43 Å². The highest BCUT2D eigenvalue weighted by Crippen LogP contribution is 2.37. The monoisotopic (exact) mass is 224 g/mol. The Kier molecular flexibility index (Phi) is 4.03. The SMILES string of the molecule is C#CC[C@@](C)(CCC1CC1)O[Si](C)(C)C. The largest absolute Gasteiger partial charge is 0.411 e. The van der Waals surface area contributed by atoms with Crippen molar-refractivity contribution in [2.45, 2.75) is 64.3 Å². The number of terminal acetylenes is 1. The Hall–Kier alpha value is -0.263. The minimum atomic E-state index is -1.48. The highest BCUT2D eigenvalue weighted by Gasteiger charge is 2.33. The van der Waals surface area contributed by atoms with E-state index in [0.29, 0.717) is 0 Å². The van der Waals surface area contributed by atoms with Gasteiger partial charge in [0.1, 0.15) is 0 Å². The Bertz CT molecular complexity index is 244. The van der Waals surface area contributed by atoms with E-state index in [0.717, 1.165) is 18.8 Å². The minimum Gasteiger partial charge on any atom is -0.411 e. The van der Waals surface area contributed by atoms with Crippen LogP contribution in [0.15, 0.2) is 0 Å². The van der Waals surface area contributed by atoms with Crippen LogP contribution in [0.2, 0.25) is 19.6 Å². The molecule has 0 heterocycles. The van der Waals surface area contributed by atoms with E-state index in [1.54, 1.807) is 0 Å². The first-order chi connectivity index (χ1) is 6.85. The van der Waals surface area contributed by atoms with E-state index in [1.165, 1.54) is 19.3 Å². The molecule has 0 unspecified atom stereocenters. The maximum Gasteiger partial charge on any atom is 0.184 e. The molecular formula is C13H24OSi. The van der Waals surface area contributed by atoms with Crippen LogP contribution in [0.25, 0.3) is 0 Å². The summed E-state index contributed by atoms with van der Waals surface area (Å²) in [5, 5.41) is 0. The second-order valence-corrected chi connectivity index (χ2v) is 10.5. The number of hydrogen-bond donors (Lipinski definition) is 0. The van der Waals surface area contributed by atoms with Gasteiger partial charge in [0.15, 0.2) is 8.32 Å². The highest BCUT2D eigenvalue weighted by atomic mass is 28.4. The molecule has 0 aromatic rings. The van der Waals surface area contributed by atoms with Crippen molar-refractivity contribution in [1.29, 1.82) is 0 Å². The number of rotatable bonds is 6. The van der Waals surface area contributed by atoms with Crippen LogP contribution in [0.5, 0.6) is 0 Å². The van der Waals surface area contributed by atoms with Crippen LogP contribution in [0, 0.1) is 18.3 Å². The zero-order valence-corrected chi connectivity index (χ0v) is 11.6. The molecule has 0 aromatic heterocycles. The predicted octanol–water partition coefficient (Wildman–Crippen LogP) is 3.81. The van der Waals surface area contributed by atoms with Crippen molar-refractivity contribution in [3.63, 3.8) is 0 Å². The molecule has 15 heavy (non-hydrogen) atoms. The molecule has 1 fully saturated rings. The molecule has 0 spiro atoms. The van der Waals surface area contributed by atoms with Gasteiger partial charge in [0, 0.05) is 6.42 Å². The second-order valence-electron chi connectivity index (χ2n) is 6.03. The summed E-state index contributed by atoms with van der Waals surface area (Å²) in [6.45, 7) is 8.89. The summed E-state index contributed by atoms with van der Waals surface area (Å²) >= 11 is 0. The quantitative estimate of drug-likeness (QED) is 0.492. The zero-order valence-electron chi connectivity index (χ0n) is 10.6. The lowest BCUT2D eigenvalue weighted by molar-refractivity contribution is 0.0724. The Morgan fingerprint density at radius 3 is 2.40 bits per heavy atom. The molecular weight excluding hydrogens is 200 g/mol. The average molecular weight is 224 g/mol. The molecule has 0 radical (unpaired) electrons. The summed E-state index contributed by atoms with van der Waals surface area (Å²) in [6, 6.07) is 0. The van der Waals surface area contributed by atoms with Crippen LogP contribution >= 0.6 is 0 Å². The van der Waals surface area contributed by atoms with Crippen LogP contribution < -0.4 is 0 Å². The lowest BCUT2D eigenvalue weighted by Crippen LogP contribution is -2.40. The molecule has 0 amide bonds. The molecule has 0 aliphatic heterocycles. The zero-order chi connectivity index (χ0) is 11.5. The molecule has 1 rings (SSSR count). The van der Waals surface area contributed by atoms with Gasteiger partial charge >= 0.3 is 0 Å². The van der Waals surface area contributed by atoms with Gasteiger partial charge in [-0.2, -0.15) is 0 Å². The smallest absolute Gasteiger partial charge is 0.184 e. The topological polar surface area (TPSA) is 9.23 Å². The molecule has 0 bridgehead atoms. The molecule has 1 nitrogen and oxygen atoms in total. The summed E-state index contributed by atoms with van der Waals surface area (Å²) in [5.41, 5.74) is -0.0676. The molecule has 0 aromatic carbocycles. The van der Waals surface area contributed by atoms with Gasteiger partial charge in [-0.25, -0.2) is 0 Å². The van der Waals surface area contributed by atoms with Gasteiger partial charge in [-0.3, -0.25) is 0 Å². The molecule has 86 valence electrons. The third kappa shape index (κ3) is 5.39. The molecule has 2 heteroatoms. The van der Waals surface area contributed by atoms with Gasteiger partial charge in [-0.05, 0) is 45.3 Å². The third-order valence-corrected chi connectivity index (χ3v) is 3.91. The summed E-state index contributed by atoms with van der Waals surface area (Å²) in [6.07, 6.45) is 11.5. The standard InChI is InChI=1S/C13H24OSi/c1-6-10-13(2,14-15(3,4)5)11-9-12-7-8-12/h1,12H,7-11H2,2-5H3/t13-/m0/s1. The van der Waals surface area contributed by atoms with E-state index in [4.69, 9.17) is 10.8 Å². The molecule has 1 aliphatic carbocycles. The lowest BCUT2D eigenvalue weighted by atomic mass is 9.95. The van der Waals surface area contributed by atoms with Crippen molar-refractivity contribution in [3.05, 3.63) is 0 Å². The fraction of sp³-hybridized carbons (Fsp3) is 0.846. The fourth-order valence-electron chi connectivity index (χ4n) is 2.05. The first kappa shape index (κ1) is 12.8. The van der Waals surface area contributed by atoms with Crippen molar-refractivity contribution in [2.75, 3.05) is 0 Å². The van der Waals surface area contributed by atoms with Crippen molar-refractivity contribution < 1.29 is 4.43 Å². The minimum absolute atomic E-state index is 0.0676. The molecule has 1 saturated carbocycles. The Balaban J connectivity index is 2.47. The van der Waals surface area contributed by atoms with E-state index >= 15 is 0 Å². The van der Waals surface area contributed by atoms with Gasteiger partial charge in [0.2, 0.25) is 0 Å². The summed E-state index contributed by atoms with van der Waals surface area (Å²) in [5.74, 6) is 3.74. The van der Waals surface area contributed by atoms with Crippen molar-refractivity contribution in [2.24, 2.45) is 5.92 Å². The Morgan fingerprint density at radius 1 is 1.40 bits per heavy atom. The van der Waals surface area contributed by atoms with Gasteiger partial charge in [0.05, 0.1) is 5.60 Å². The normalized spacial score (nSPS) is 20.7. The molecule has 1 aliphatic rings. The first-order valence-electron chi connectivity index (χ1n) is 5.98. The van der Waals surface area contributed by atoms with Gasteiger partial charge < -0.3 is 4.43 Å². The van der Waals surface area contributed by atoms with E-state index in [-0.39, 0.29) is 5.60 Å². The molecule has 1 atom stereocenters. The Labute approximate surface area is 95.7 Å². The van der Waals surface area contributed by atoms with Crippen LogP contribution in [-0.4, -0.2) is 13.9 Å². The maximum atomic E-state index is 6.24. The van der Waals surface area contributed by atoms with Crippen molar-refractivity contribution in [1.82, 2.24) is 0 Å². The predicted molar refractivity (Wildman–Crippen MR) is 68.2 cm³/mol. The van der Waals surface area contributed by atoms with Crippen LogP contribution in [0.3, 0.4) is 0 Å². The summed E-state index contributed by atoms with van der Waals surface area (Å²) < 4.78 is 6.24. The maximum absolute atomic E-state index is 6.24. The van der Waals surface area contributed by atoms with Crippen molar-refractivity contribution in [3.8, 4) is 12.3 Å². The van der Waals surface area contributed by atoms with Crippen LogP contribution in [0.4, 0.5) is 0 Å². The van der Waals surface area contributed by atoms with Gasteiger partial charge in [-0.15, -0.1) is 12.3 Å². The number of hydrogen-bond acceptors (Lipinski definition) is 1. The van der Waals surface area contributed by atoms with E-state index in [2.05, 4.69) is 32.5 Å². The van der Waals surface area contributed by atoms with E-state index in [1.807, 2.05) is 0 Å². The van der Waals surface area contributed by atoms with Crippen LogP contribution in [0.1, 0.15) is 39.0 Å². The lowest BCUT2D eigenvalue weighted by Gasteiger charge is -2.35. The second kappa shape index (κ2) is 4.72. The highest BCUT2D eigenvalue weighted by molar-refractivity contribution is 6.69. The van der Waals surface area contributed by atoms with Gasteiger partial charge in [0.25, 0.3) is 0 Å². The molecule has 0 N–H and O–H groups in total. The Morgan fingerprint density at radius 2 is 2.00 bits per heavy atom. The molecule has 0 saturated heterocycles. The summed E-state index contributed by atoms with van der Waals surface area (Å²) in [4.78, 5) is 0. The van der Waals surface area contributed by atoms with Gasteiger partial charge in [-0.1, -0.05) is 12.8 Å². The van der Waals surface area contributed by atoms with Crippen molar-refractivity contribution >= 4 is 8.32 Å². The third-order valence-electron chi connectivity index (χ3n) is 2.81.